The molecule has 1 unspecified atom stereocenters. The highest BCUT2D eigenvalue weighted by molar-refractivity contribution is 7.91. The Bertz CT molecular complexity index is 919. The number of ether oxygens (including phenoxy) is 2. The number of aromatic nitrogens is 2. The third-order valence-electron chi connectivity index (χ3n) is 5.66. The molecule has 0 bridgehead atoms. The molecule has 1 aliphatic carbocycles. The van der Waals surface area contributed by atoms with Crippen molar-refractivity contribution >= 4 is 9.84 Å². The van der Waals surface area contributed by atoms with Crippen molar-refractivity contribution in [2.24, 2.45) is 5.92 Å². The second kappa shape index (κ2) is 9.49. The first-order valence-electron chi connectivity index (χ1n) is 10.8. The Balaban J connectivity index is 1.43. The van der Waals surface area contributed by atoms with E-state index in [1.807, 2.05) is 41.9 Å². The Morgan fingerprint density at radius 3 is 2.73 bits per heavy atom. The Morgan fingerprint density at radius 1 is 1.23 bits per heavy atom. The highest BCUT2D eigenvalue weighted by Gasteiger charge is 2.33. The Hall–Kier alpha value is -1.90. The lowest BCUT2D eigenvalue weighted by molar-refractivity contribution is 0.0933. The minimum Gasteiger partial charge on any atom is -0.492 e. The van der Waals surface area contributed by atoms with Crippen LogP contribution in [-0.4, -0.2) is 61.5 Å². The number of imidazole rings is 1. The van der Waals surface area contributed by atoms with E-state index in [0.717, 1.165) is 50.3 Å². The first-order chi connectivity index (χ1) is 14.5. The first kappa shape index (κ1) is 21.3. The monoisotopic (exact) mass is 433 g/mol. The van der Waals surface area contributed by atoms with Crippen molar-refractivity contribution in [1.82, 2.24) is 14.5 Å². The molecule has 164 valence electrons. The van der Waals surface area contributed by atoms with Gasteiger partial charge < -0.3 is 14.0 Å². The quantitative estimate of drug-likeness (QED) is 0.543. The van der Waals surface area contributed by atoms with Gasteiger partial charge in [0, 0.05) is 19.7 Å². The van der Waals surface area contributed by atoms with Gasteiger partial charge in [-0.2, -0.15) is 0 Å². The Kier molecular flexibility index (Phi) is 6.75. The first-order valence-corrected chi connectivity index (χ1v) is 12.4. The molecule has 7 nitrogen and oxygen atoms in total. The van der Waals surface area contributed by atoms with Gasteiger partial charge in [-0.3, -0.25) is 4.90 Å². The van der Waals surface area contributed by atoms with Gasteiger partial charge in [-0.05, 0) is 50.8 Å². The fourth-order valence-corrected chi connectivity index (χ4v) is 5.66. The minimum atomic E-state index is -3.38. The van der Waals surface area contributed by atoms with Gasteiger partial charge in [0.2, 0.25) is 15.0 Å². The molecule has 0 radical (unpaired) electrons. The summed E-state index contributed by atoms with van der Waals surface area (Å²) >= 11 is 0. The summed E-state index contributed by atoms with van der Waals surface area (Å²) in [6.45, 7) is 3.19. The van der Waals surface area contributed by atoms with Gasteiger partial charge >= 0.3 is 0 Å². The fourth-order valence-electron chi connectivity index (χ4n) is 3.81. The van der Waals surface area contributed by atoms with Gasteiger partial charge in [-0.1, -0.05) is 18.2 Å². The highest BCUT2D eigenvalue weighted by atomic mass is 32.2. The molecule has 2 aliphatic rings. The summed E-state index contributed by atoms with van der Waals surface area (Å²) in [4.78, 5) is 6.48. The molecular weight excluding hydrogens is 402 g/mol. The lowest BCUT2D eigenvalue weighted by Gasteiger charge is -2.20. The molecule has 1 atom stereocenters. The summed E-state index contributed by atoms with van der Waals surface area (Å²) in [5.41, 5.74) is 0.905. The number of hydrogen-bond acceptors (Lipinski definition) is 6. The number of sulfone groups is 1. The Morgan fingerprint density at radius 2 is 2.03 bits per heavy atom. The van der Waals surface area contributed by atoms with Crippen molar-refractivity contribution in [1.29, 1.82) is 0 Å². The van der Waals surface area contributed by atoms with E-state index in [0.29, 0.717) is 25.6 Å². The third-order valence-corrected chi connectivity index (χ3v) is 7.45. The molecular formula is C22H31N3O4S. The average Bonchev–Trinajstić information content (AvgIpc) is 3.21. The Labute approximate surface area is 178 Å². The number of likely N-dealkylation sites (N-methyl/N-ethyl adjacent to an activating group) is 1. The number of hydrogen-bond donors (Lipinski definition) is 0. The molecule has 1 saturated heterocycles. The molecule has 4 rings (SSSR count). The highest BCUT2D eigenvalue weighted by Crippen LogP contribution is 2.32. The molecule has 2 fully saturated rings. The van der Waals surface area contributed by atoms with Crippen LogP contribution >= 0.6 is 0 Å². The van der Waals surface area contributed by atoms with E-state index < -0.39 is 9.84 Å². The van der Waals surface area contributed by atoms with Crippen LogP contribution < -0.4 is 4.74 Å². The summed E-state index contributed by atoms with van der Waals surface area (Å²) in [5.74, 6) is 1.35. The van der Waals surface area contributed by atoms with E-state index in [1.54, 1.807) is 6.20 Å². The lowest BCUT2D eigenvalue weighted by atomic mass is 10.2. The summed E-state index contributed by atoms with van der Waals surface area (Å²) in [6, 6.07) is 9.74. The number of benzene rings is 1. The van der Waals surface area contributed by atoms with Crippen LogP contribution in [0.3, 0.4) is 0 Å². The van der Waals surface area contributed by atoms with Crippen LogP contribution in [-0.2, 0) is 27.7 Å². The number of rotatable bonds is 11. The summed E-state index contributed by atoms with van der Waals surface area (Å²) in [7, 11) is -1.37. The molecule has 0 N–H and O–H groups in total. The molecule has 2 aromatic rings. The smallest absolute Gasteiger partial charge is 0.227 e. The lowest BCUT2D eigenvalue weighted by Crippen LogP contribution is -2.27. The molecule has 30 heavy (non-hydrogen) atoms. The van der Waals surface area contributed by atoms with Gasteiger partial charge in [0.25, 0.3) is 0 Å². The molecule has 1 aromatic heterocycles. The van der Waals surface area contributed by atoms with Crippen LogP contribution in [0.4, 0.5) is 0 Å². The van der Waals surface area contributed by atoms with Crippen LogP contribution in [0, 0.1) is 5.92 Å². The van der Waals surface area contributed by atoms with Gasteiger partial charge in [-0.25, -0.2) is 13.4 Å². The molecule has 2 heterocycles. The molecule has 1 aliphatic heterocycles. The van der Waals surface area contributed by atoms with Crippen molar-refractivity contribution in [3.05, 3.63) is 42.2 Å². The second-order valence-electron chi connectivity index (χ2n) is 8.40. The van der Waals surface area contributed by atoms with Crippen molar-refractivity contribution in [3.8, 4) is 5.75 Å². The van der Waals surface area contributed by atoms with Gasteiger partial charge in [0.05, 0.1) is 30.3 Å². The number of nitrogens with zero attached hydrogens (tertiary/aromatic N) is 3. The fraction of sp³-hybridized carbons (Fsp3) is 0.591. The van der Waals surface area contributed by atoms with Crippen molar-refractivity contribution < 1.29 is 17.9 Å². The van der Waals surface area contributed by atoms with Crippen LogP contribution in [0.2, 0.25) is 0 Å². The zero-order chi connectivity index (χ0) is 21.0. The summed E-state index contributed by atoms with van der Waals surface area (Å²) in [5, 5.41) is 0.203. The summed E-state index contributed by atoms with van der Waals surface area (Å²) < 4.78 is 39.3. The summed E-state index contributed by atoms with van der Waals surface area (Å²) in [6.07, 6.45) is 5.75. The molecule has 0 amide bonds. The van der Waals surface area contributed by atoms with Crippen LogP contribution in [0.15, 0.2) is 41.7 Å². The van der Waals surface area contributed by atoms with Crippen molar-refractivity contribution in [2.45, 2.75) is 50.0 Å². The molecule has 8 heteroatoms. The second-order valence-corrected chi connectivity index (χ2v) is 10.3. The average molecular weight is 434 g/mol. The van der Waals surface area contributed by atoms with E-state index >= 15 is 0 Å². The van der Waals surface area contributed by atoms with Crippen LogP contribution in [0.1, 0.15) is 31.4 Å². The van der Waals surface area contributed by atoms with E-state index in [4.69, 9.17) is 9.47 Å². The zero-order valence-electron chi connectivity index (χ0n) is 17.6. The van der Waals surface area contributed by atoms with E-state index in [-0.39, 0.29) is 17.0 Å². The normalized spacial score (nSPS) is 19.5. The van der Waals surface area contributed by atoms with Gasteiger partial charge in [0.1, 0.15) is 12.4 Å². The topological polar surface area (TPSA) is 73.7 Å². The number of para-hydroxylation sites is 1. The van der Waals surface area contributed by atoms with Crippen molar-refractivity contribution in [3.63, 3.8) is 0 Å². The maximum atomic E-state index is 12.9. The van der Waals surface area contributed by atoms with E-state index in [2.05, 4.69) is 9.88 Å². The predicted molar refractivity (Wildman–Crippen MR) is 114 cm³/mol. The zero-order valence-corrected chi connectivity index (χ0v) is 18.4. The minimum absolute atomic E-state index is 0.0551. The van der Waals surface area contributed by atoms with Gasteiger partial charge in [0.15, 0.2) is 0 Å². The SMILES string of the molecule is CN(CCOc1ccccc1)Cc1cnc(S(=O)(=O)CC2CC2)n1CC1CCCO1. The van der Waals surface area contributed by atoms with E-state index in [9.17, 15) is 8.42 Å². The maximum Gasteiger partial charge on any atom is 0.227 e. The molecule has 1 aromatic carbocycles. The van der Waals surface area contributed by atoms with Crippen LogP contribution in [0.5, 0.6) is 5.75 Å². The van der Waals surface area contributed by atoms with E-state index in [1.165, 1.54) is 0 Å². The molecule has 1 saturated carbocycles. The van der Waals surface area contributed by atoms with Crippen molar-refractivity contribution in [2.75, 3.05) is 32.6 Å². The third kappa shape index (κ3) is 5.62. The predicted octanol–water partition coefficient (Wildman–Crippen LogP) is 2.76. The van der Waals surface area contributed by atoms with Crippen LogP contribution in [0.25, 0.3) is 0 Å². The maximum absolute atomic E-state index is 12.9. The standard InChI is InChI=1S/C22H31N3O4S/c1-24(11-13-29-20-6-3-2-4-7-20)15-19-14-23-22(30(26,27)17-18-9-10-18)25(19)16-21-8-5-12-28-21/h2-4,6-7,14,18,21H,5,8-13,15-17H2,1H3. The molecule has 0 spiro atoms. The van der Waals surface area contributed by atoms with Gasteiger partial charge in [-0.15, -0.1) is 0 Å². The largest absolute Gasteiger partial charge is 0.492 e.